The van der Waals surface area contributed by atoms with Crippen molar-refractivity contribution >= 4 is 43.8 Å². The summed E-state index contributed by atoms with van der Waals surface area (Å²) in [6.07, 6.45) is 0.417. The number of aliphatic carboxylic acids is 2. The maximum atomic E-state index is 9.57. The largest absolute Gasteiger partial charge is 0.481 e. The van der Waals surface area contributed by atoms with Crippen molar-refractivity contribution in [3.8, 4) is 0 Å². The van der Waals surface area contributed by atoms with Crippen LogP contribution in [-0.2, 0) is 9.59 Å². The summed E-state index contributed by atoms with van der Waals surface area (Å²) < 4.78 is 0. The molecule has 0 aliphatic rings. The van der Waals surface area contributed by atoms with Crippen LogP contribution in [0.2, 0.25) is 0 Å². The minimum absolute atomic E-state index is 0.208. The minimum atomic E-state index is -0.758. The predicted molar refractivity (Wildman–Crippen MR) is 52.1 cm³/mol. The molecule has 72 valence electrons. The van der Waals surface area contributed by atoms with E-state index in [9.17, 15) is 9.59 Å². The minimum Gasteiger partial charge on any atom is -0.481 e. The number of carbonyl (C=O) groups is 2. The number of alkyl halides is 2. The molecule has 0 unspecified atom stereocenters. The van der Waals surface area contributed by atoms with Crippen LogP contribution in [0, 0.1) is 0 Å². The first-order valence-corrected chi connectivity index (χ1v) is 5.34. The second-order valence-corrected chi connectivity index (χ2v) is 3.25. The number of hydrogen-bond acceptors (Lipinski definition) is 2. The second-order valence-electron chi connectivity index (χ2n) is 1.67. The Morgan fingerprint density at radius 2 is 1.17 bits per heavy atom. The molecular weight excluding hydrogens is 296 g/mol. The lowest BCUT2D eigenvalue weighted by atomic mass is 10.5. The predicted octanol–water partition coefficient (Wildman–Crippen LogP) is 1.71. The number of carboxylic acid groups (broad SMARTS) is 2. The van der Waals surface area contributed by atoms with Crippen molar-refractivity contribution in [1.29, 1.82) is 0 Å². The molecule has 0 aromatic rings. The fraction of sp³-hybridized carbons (Fsp3) is 0.667. The lowest BCUT2D eigenvalue weighted by Gasteiger charge is -1.78. The van der Waals surface area contributed by atoms with Crippen molar-refractivity contribution < 1.29 is 19.8 Å². The second kappa shape index (κ2) is 10.9. The zero-order valence-electron chi connectivity index (χ0n) is 6.30. The van der Waals surface area contributed by atoms with Crippen LogP contribution >= 0.6 is 31.9 Å². The van der Waals surface area contributed by atoms with Crippen LogP contribution < -0.4 is 0 Å². The fourth-order valence-electron chi connectivity index (χ4n) is 0.162. The lowest BCUT2D eigenvalue weighted by Crippen LogP contribution is -1.92. The SMILES string of the molecule is O=C(O)CCBr.O=C(O)CCBr. The van der Waals surface area contributed by atoms with E-state index >= 15 is 0 Å². The third kappa shape index (κ3) is 22.5. The third-order valence-corrected chi connectivity index (χ3v) is 1.41. The Kier molecular flexibility index (Phi) is 13.1. The summed E-state index contributed by atoms with van der Waals surface area (Å²) in [7, 11) is 0. The molecule has 0 amide bonds. The van der Waals surface area contributed by atoms with E-state index in [1.54, 1.807) is 0 Å². The summed E-state index contributed by atoms with van der Waals surface area (Å²) in [6, 6.07) is 0. The maximum absolute atomic E-state index is 9.57. The Hall–Kier alpha value is -0.100. The number of carboxylic acids is 2. The molecule has 0 aromatic heterocycles. The Balaban J connectivity index is 0. The average Bonchev–Trinajstić information content (AvgIpc) is 1.87. The quantitative estimate of drug-likeness (QED) is 0.776. The van der Waals surface area contributed by atoms with Gasteiger partial charge in [0, 0.05) is 10.7 Å². The van der Waals surface area contributed by atoms with E-state index in [0.717, 1.165) is 0 Å². The third-order valence-electron chi connectivity index (χ3n) is 0.617. The fourth-order valence-corrected chi connectivity index (χ4v) is 0.840. The van der Waals surface area contributed by atoms with Gasteiger partial charge < -0.3 is 10.2 Å². The first-order chi connectivity index (χ1) is 5.54. The van der Waals surface area contributed by atoms with Gasteiger partial charge >= 0.3 is 11.9 Å². The van der Waals surface area contributed by atoms with Gasteiger partial charge in [0.2, 0.25) is 0 Å². The molecule has 0 heterocycles. The Bertz CT molecular complexity index is 122. The number of rotatable bonds is 4. The van der Waals surface area contributed by atoms with Crippen molar-refractivity contribution in [1.82, 2.24) is 0 Å². The van der Waals surface area contributed by atoms with Crippen molar-refractivity contribution in [3.05, 3.63) is 0 Å². The molecule has 0 spiro atoms. The molecule has 0 aliphatic heterocycles. The van der Waals surface area contributed by atoms with Gasteiger partial charge in [-0.15, -0.1) is 0 Å². The van der Waals surface area contributed by atoms with Gasteiger partial charge in [0.15, 0.2) is 0 Å². The summed E-state index contributed by atoms with van der Waals surface area (Å²) in [6.45, 7) is 0. The molecule has 0 aliphatic carbocycles. The smallest absolute Gasteiger partial charge is 0.304 e. The molecule has 4 nitrogen and oxygen atoms in total. The Labute approximate surface area is 87.2 Å². The van der Waals surface area contributed by atoms with Gasteiger partial charge in [0.05, 0.1) is 12.8 Å². The van der Waals surface area contributed by atoms with E-state index in [4.69, 9.17) is 10.2 Å². The van der Waals surface area contributed by atoms with Crippen LogP contribution in [0.4, 0.5) is 0 Å². The number of hydrogen-bond donors (Lipinski definition) is 2. The highest BCUT2D eigenvalue weighted by molar-refractivity contribution is 9.09. The first-order valence-electron chi connectivity index (χ1n) is 3.10. The molecule has 6 heteroatoms. The van der Waals surface area contributed by atoms with Gasteiger partial charge in [-0.2, -0.15) is 0 Å². The molecule has 0 saturated carbocycles. The zero-order valence-corrected chi connectivity index (χ0v) is 9.47. The molecule has 0 atom stereocenters. The lowest BCUT2D eigenvalue weighted by molar-refractivity contribution is -0.137. The van der Waals surface area contributed by atoms with Gasteiger partial charge in [0.25, 0.3) is 0 Å². The maximum Gasteiger partial charge on any atom is 0.304 e. The van der Waals surface area contributed by atoms with Crippen LogP contribution in [0.25, 0.3) is 0 Å². The molecular formula is C6H10Br2O4. The van der Waals surface area contributed by atoms with Crippen molar-refractivity contribution in [3.63, 3.8) is 0 Å². The molecule has 0 aromatic carbocycles. The van der Waals surface area contributed by atoms with Crippen LogP contribution in [-0.4, -0.2) is 32.8 Å². The molecule has 0 fully saturated rings. The van der Waals surface area contributed by atoms with Gasteiger partial charge in [-0.25, -0.2) is 0 Å². The first kappa shape index (κ1) is 14.4. The number of halogens is 2. The highest BCUT2D eigenvalue weighted by Crippen LogP contribution is 1.84. The highest BCUT2D eigenvalue weighted by atomic mass is 79.9. The monoisotopic (exact) mass is 304 g/mol. The van der Waals surface area contributed by atoms with Crippen molar-refractivity contribution in [2.75, 3.05) is 10.7 Å². The van der Waals surface area contributed by atoms with Crippen LogP contribution in [0.5, 0.6) is 0 Å². The van der Waals surface area contributed by atoms with Gasteiger partial charge in [-0.3, -0.25) is 9.59 Å². The molecule has 0 radical (unpaired) electrons. The Morgan fingerprint density at radius 1 is 0.917 bits per heavy atom. The van der Waals surface area contributed by atoms with E-state index in [-0.39, 0.29) is 12.8 Å². The normalized spacial score (nSPS) is 8.17. The Morgan fingerprint density at radius 3 is 1.17 bits per heavy atom. The standard InChI is InChI=1S/2C3H5BrO2/c2*4-2-1-3(5)6/h2*1-2H2,(H,5,6). The zero-order chi connectivity index (χ0) is 9.98. The van der Waals surface area contributed by atoms with E-state index in [1.165, 1.54) is 0 Å². The van der Waals surface area contributed by atoms with Gasteiger partial charge in [-0.1, -0.05) is 31.9 Å². The summed E-state index contributed by atoms with van der Waals surface area (Å²) in [5.74, 6) is -1.52. The molecule has 12 heavy (non-hydrogen) atoms. The molecule has 2 N–H and O–H groups in total. The molecule has 0 saturated heterocycles. The highest BCUT2D eigenvalue weighted by Gasteiger charge is 1.89. The van der Waals surface area contributed by atoms with E-state index < -0.39 is 11.9 Å². The summed E-state index contributed by atoms with van der Waals surface area (Å²) >= 11 is 5.94. The van der Waals surface area contributed by atoms with E-state index in [0.29, 0.717) is 10.7 Å². The van der Waals surface area contributed by atoms with E-state index in [1.807, 2.05) is 0 Å². The van der Waals surface area contributed by atoms with Crippen LogP contribution in [0.15, 0.2) is 0 Å². The van der Waals surface area contributed by atoms with Crippen LogP contribution in [0.3, 0.4) is 0 Å². The molecule has 0 rings (SSSR count). The summed E-state index contributed by atoms with van der Waals surface area (Å²) in [5, 5.41) is 16.9. The van der Waals surface area contributed by atoms with Crippen molar-refractivity contribution in [2.24, 2.45) is 0 Å². The molecule has 0 bridgehead atoms. The average molecular weight is 306 g/mol. The summed E-state index contributed by atoms with van der Waals surface area (Å²) in [4.78, 5) is 19.1. The van der Waals surface area contributed by atoms with E-state index in [2.05, 4.69) is 31.9 Å². The van der Waals surface area contributed by atoms with Crippen molar-refractivity contribution in [2.45, 2.75) is 12.8 Å². The topological polar surface area (TPSA) is 74.6 Å². The van der Waals surface area contributed by atoms with Gasteiger partial charge in [-0.05, 0) is 0 Å². The van der Waals surface area contributed by atoms with Crippen LogP contribution in [0.1, 0.15) is 12.8 Å². The summed E-state index contributed by atoms with van der Waals surface area (Å²) in [5.41, 5.74) is 0. The van der Waals surface area contributed by atoms with Gasteiger partial charge in [0.1, 0.15) is 0 Å².